The van der Waals surface area contributed by atoms with Crippen LogP contribution in [0, 0.1) is 0 Å². The average Bonchev–Trinajstić information content (AvgIpc) is 3.06. The number of aryl methyl sites for hydroxylation is 2. The Morgan fingerprint density at radius 2 is 0.963 bits per heavy atom. The van der Waals surface area contributed by atoms with Gasteiger partial charge in [-0.25, -0.2) is 9.13 Å². The third-order valence-electron chi connectivity index (χ3n) is 5.59. The molecule has 1 rings (SSSR count). The van der Waals surface area contributed by atoms with E-state index in [0.29, 0.717) is 0 Å². The topological polar surface area (TPSA) is 8.81 Å². The maximum absolute atomic E-state index is 2.30. The van der Waals surface area contributed by atoms with Gasteiger partial charge in [0.25, 0.3) is 0 Å². The fourth-order valence-electron chi connectivity index (χ4n) is 3.83. The van der Waals surface area contributed by atoms with E-state index in [-0.39, 0.29) is 17.0 Å². The number of halogens is 1. The SMILES string of the molecule is CCCCCCCCCCCCCCCCCCCCn1cc[n+](C)c1.[Br-]. The van der Waals surface area contributed by atoms with Gasteiger partial charge in [-0.2, -0.15) is 0 Å². The second kappa shape index (κ2) is 20.4. The highest BCUT2D eigenvalue weighted by Gasteiger charge is 1.99. The van der Waals surface area contributed by atoms with Crippen molar-refractivity contribution in [1.29, 1.82) is 0 Å². The second-order valence-electron chi connectivity index (χ2n) is 8.33. The van der Waals surface area contributed by atoms with Gasteiger partial charge >= 0.3 is 0 Å². The van der Waals surface area contributed by atoms with Crippen LogP contribution >= 0.6 is 0 Å². The molecule has 27 heavy (non-hydrogen) atoms. The summed E-state index contributed by atoms with van der Waals surface area (Å²) in [6, 6.07) is 0. The molecule has 1 heterocycles. The van der Waals surface area contributed by atoms with Crippen molar-refractivity contribution in [2.45, 2.75) is 129 Å². The molecule has 0 spiro atoms. The highest BCUT2D eigenvalue weighted by molar-refractivity contribution is 4.65. The maximum Gasteiger partial charge on any atom is 0.243 e. The summed E-state index contributed by atoms with van der Waals surface area (Å²) in [6.07, 6.45) is 32.5. The van der Waals surface area contributed by atoms with Crippen LogP contribution in [0.5, 0.6) is 0 Å². The van der Waals surface area contributed by atoms with E-state index in [9.17, 15) is 0 Å². The summed E-state index contributed by atoms with van der Waals surface area (Å²) in [5, 5.41) is 0. The second-order valence-corrected chi connectivity index (χ2v) is 8.33. The lowest BCUT2D eigenvalue weighted by Crippen LogP contribution is -3.00. The smallest absolute Gasteiger partial charge is 0.243 e. The molecule has 1 aromatic rings. The van der Waals surface area contributed by atoms with Crippen LogP contribution in [-0.4, -0.2) is 4.57 Å². The molecule has 2 nitrogen and oxygen atoms in total. The number of nitrogens with zero attached hydrogens (tertiary/aromatic N) is 2. The standard InChI is InChI=1S/C24H47N2.BrH/c1-3-4-5-6-7-8-9-10-11-12-13-14-15-16-17-18-19-20-21-26-23-22-25(2)24-26;/h22-24H,3-21H2,1-2H3;1H/q+1;/p-1. The minimum Gasteiger partial charge on any atom is -1.00 e. The van der Waals surface area contributed by atoms with Crippen LogP contribution in [0.4, 0.5) is 0 Å². The molecule has 0 unspecified atom stereocenters. The molecule has 0 aliphatic carbocycles. The predicted molar refractivity (Wildman–Crippen MR) is 114 cm³/mol. The summed E-state index contributed by atoms with van der Waals surface area (Å²) in [6.45, 7) is 3.48. The molecule has 3 heteroatoms. The lowest BCUT2D eigenvalue weighted by Gasteiger charge is -2.03. The molecule has 0 bridgehead atoms. The highest BCUT2D eigenvalue weighted by atomic mass is 79.9. The summed E-state index contributed by atoms with van der Waals surface area (Å²) in [5.74, 6) is 0. The van der Waals surface area contributed by atoms with Crippen molar-refractivity contribution in [3.63, 3.8) is 0 Å². The lowest BCUT2D eigenvalue weighted by molar-refractivity contribution is -0.671. The normalized spacial score (nSPS) is 10.9. The molecule has 0 fully saturated rings. The molecular weight excluding hydrogens is 396 g/mol. The van der Waals surface area contributed by atoms with Gasteiger partial charge in [-0.05, 0) is 12.8 Å². The van der Waals surface area contributed by atoms with Crippen LogP contribution in [0.3, 0.4) is 0 Å². The van der Waals surface area contributed by atoms with E-state index in [4.69, 9.17) is 0 Å². The summed E-state index contributed by atoms with van der Waals surface area (Å²) >= 11 is 0. The zero-order valence-electron chi connectivity index (χ0n) is 18.4. The molecule has 0 amide bonds. The van der Waals surface area contributed by atoms with Crippen molar-refractivity contribution in [2.24, 2.45) is 7.05 Å². The Balaban J connectivity index is 0.00000676. The number of imidazole rings is 1. The van der Waals surface area contributed by atoms with Crippen molar-refractivity contribution in [3.8, 4) is 0 Å². The number of unbranched alkanes of at least 4 members (excludes halogenated alkanes) is 17. The zero-order chi connectivity index (χ0) is 18.7. The molecule has 0 aliphatic rings. The van der Waals surface area contributed by atoms with Crippen molar-refractivity contribution in [1.82, 2.24) is 4.57 Å². The fraction of sp³-hybridized carbons (Fsp3) is 0.875. The third-order valence-corrected chi connectivity index (χ3v) is 5.59. The monoisotopic (exact) mass is 442 g/mol. The third kappa shape index (κ3) is 17.5. The molecule has 0 saturated carbocycles. The quantitative estimate of drug-likeness (QED) is 0.222. The van der Waals surface area contributed by atoms with Crippen LogP contribution in [-0.2, 0) is 13.6 Å². The van der Waals surface area contributed by atoms with E-state index in [1.54, 1.807) is 0 Å². The molecule has 0 aromatic carbocycles. The van der Waals surface area contributed by atoms with E-state index in [0.717, 1.165) is 0 Å². The van der Waals surface area contributed by atoms with E-state index in [2.05, 4.69) is 41.8 Å². The Morgan fingerprint density at radius 3 is 1.30 bits per heavy atom. The van der Waals surface area contributed by atoms with E-state index in [1.165, 1.54) is 122 Å². The molecule has 0 saturated heterocycles. The minimum absolute atomic E-state index is 0. The lowest BCUT2D eigenvalue weighted by atomic mass is 10.0. The van der Waals surface area contributed by atoms with Crippen LogP contribution in [0.1, 0.15) is 122 Å². The Bertz CT molecular complexity index is 403. The van der Waals surface area contributed by atoms with E-state index in [1.807, 2.05) is 0 Å². The molecule has 160 valence electrons. The van der Waals surface area contributed by atoms with E-state index >= 15 is 0 Å². The first kappa shape index (κ1) is 26.7. The zero-order valence-corrected chi connectivity index (χ0v) is 20.0. The fourth-order valence-corrected chi connectivity index (χ4v) is 3.83. The van der Waals surface area contributed by atoms with Crippen molar-refractivity contribution in [2.75, 3.05) is 0 Å². The molecule has 1 aromatic heterocycles. The van der Waals surface area contributed by atoms with Gasteiger partial charge in [-0.1, -0.05) is 110 Å². The minimum atomic E-state index is 0. The van der Waals surface area contributed by atoms with Gasteiger partial charge in [0.15, 0.2) is 0 Å². The van der Waals surface area contributed by atoms with Crippen molar-refractivity contribution in [3.05, 3.63) is 18.7 Å². The average molecular weight is 444 g/mol. The number of rotatable bonds is 19. The molecule has 0 N–H and O–H groups in total. The van der Waals surface area contributed by atoms with Gasteiger partial charge in [0.2, 0.25) is 6.33 Å². The molecule has 0 radical (unpaired) electrons. The Hall–Kier alpha value is -0.310. The first-order valence-corrected chi connectivity index (χ1v) is 11.8. The Kier molecular flexibility index (Phi) is 20.2. The van der Waals surface area contributed by atoms with Crippen LogP contribution in [0.2, 0.25) is 0 Å². The molecule has 0 atom stereocenters. The van der Waals surface area contributed by atoms with Gasteiger partial charge < -0.3 is 17.0 Å². The Labute approximate surface area is 180 Å². The predicted octanol–water partition coefficient (Wildman–Crippen LogP) is 4.36. The highest BCUT2D eigenvalue weighted by Crippen LogP contribution is 2.14. The van der Waals surface area contributed by atoms with E-state index < -0.39 is 0 Å². The van der Waals surface area contributed by atoms with Crippen molar-refractivity contribution < 1.29 is 21.5 Å². The van der Waals surface area contributed by atoms with Crippen molar-refractivity contribution >= 4 is 0 Å². The molecular formula is C24H47BrN2. The van der Waals surface area contributed by atoms with Gasteiger partial charge in [0, 0.05) is 0 Å². The van der Waals surface area contributed by atoms with Crippen LogP contribution in [0.25, 0.3) is 0 Å². The number of hydrogen-bond acceptors (Lipinski definition) is 0. The summed E-state index contributed by atoms with van der Waals surface area (Å²) in [4.78, 5) is 0. The van der Waals surface area contributed by atoms with Gasteiger partial charge in [-0.15, -0.1) is 0 Å². The first-order valence-electron chi connectivity index (χ1n) is 11.8. The largest absolute Gasteiger partial charge is 1.00 e. The summed E-state index contributed by atoms with van der Waals surface area (Å²) in [7, 11) is 2.09. The van der Waals surface area contributed by atoms with Crippen LogP contribution < -0.4 is 21.5 Å². The first-order chi connectivity index (χ1) is 12.8. The van der Waals surface area contributed by atoms with Gasteiger partial charge in [0.1, 0.15) is 12.4 Å². The van der Waals surface area contributed by atoms with Gasteiger partial charge in [-0.3, -0.25) is 0 Å². The maximum atomic E-state index is 2.30. The Morgan fingerprint density at radius 1 is 0.593 bits per heavy atom. The molecule has 0 aliphatic heterocycles. The summed E-state index contributed by atoms with van der Waals surface area (Å²) < 4.78 is 4.42. The van der Waals surface area contributed by atoms with Crippen LogP contribution in [0.15, 0.2) is 18.7 Å². The van der Waals surface area contributed by atoms with Gasteiger partial charge in [0.05, 0.1) is 13.6 Å². The number of aromatic nitrogens is 2. The summed E-state index contributed by atoms with van der Waals surface area (Å²) in [5.41, 5.74) is 0. The number of hydrogen-bond donors (Lipinski definition) is 0.